The molecule has 0 heterocycles. The van der Waals surface area contributed by atoms with Gasteiger partial charge in [0, 0.05) is 4.90 Å². The highest BCUT2D eigenvalue weighted by Gasteiger charge is 2.01. The topological polar surface area (TPSA) is 43.4 Å². The van der Waals surface area contributed by atoms with Crippen LogP contribution in [0.4, 0.5) is 0 Å². The molecule has 0 saturated carbocycles. The zero-order chi connectivity index (χ0) is 10.6. The van der Waals surface area contributed by atoms with Gasteiger partial charge in [-0.25, -0.2) is 0 Å². The number of hydrogen-bond donors (Lipinski definition) is 1. The van der Waals surface area contributed by atoms with Crippen LogP contribution in [0.3, 0.4) is 0 Å². The van der Waals surface area contributed by atoms with Gasteiger partial charge in [0.1, 0.15) is 0 Å². The summed E-state index contributed by atoms with van der Waals surface area (Å²) in [7, 11) is -3.32. The zero-order valence-corrected chi connectivity index (χ0v) is 9.51. The van der Waals surface area contributed by atoms with Gasteiger partial charge in [-0.1, -0.05) is 12.1 Å². The average molecular weight is 232 g/mol. The molecule has 1 rings (SSSR count). The summed E-state index contributed by atoms with van der Waals surface area (Å²) in [6.07, 6.45) is 1.61. The van der Waals surface area contributed by atoms with Crippen molar-refractivity contribution >= 4 is 22.7 Å². The third-order valence-electron chi connectivity index (χ3n) is 1.60. The van der Waals surface area contributed by atoms with E-state index in [0.29, 0.717) is 6.42 Å². The molecule has 0 unspecified atom stereocenters. The van der Waals surface area contributed by atoms with E-state index in [1.165, 1.54) is 0 Å². The molecule has 0 radical (unpaired) electrons. The molecule has 0 fully saturated rings. The van der Waals surface area contributed by atoms with Gasteiger partial charge in [0.05, 0.1) is 12.9 Å². The smallest absolute Gasteiger partial charge is 0.264 e. The van der Waals surface area contributed by atoms with Crippen molar-refractivity contribution in [3.05, 3.63) is 29.8 Å². The summed E-state index contributed by atoms with van der Waals surface area (Å²) in [4.78, 5) is 0.863. The first-order valence-electron chi connectivity index (χ1n) is 4.10. The Balaban J connectivity index is 2.47. The molecule has 0 aliphatic rings. The fourth-order valence-corrected chi connectivity index (χ4v) is 1.66. The van der Waals surface area contributed by atoms with Crippen molar-refractivity contribution in [2.75, 3.05) is 12.9 Å². The molecule has 0 N–H and O–H groups in total. The van der Waals surface area contributed by atoms with Crippen LogP contribution in [0.15, 0.2) is 29.2 Å². The molecule has 1 aromatic carbocycles. The fraction of sp³-hybridized carbons (Fsp3) is 0.333. The summed E-state index contributed by atoms with van der Waals surface area (Å²) in [5.41, 5.74) is 1.01. The molecule has 0 spiro atoms. The minimum Gasteiger partial charge on any atom is -0.270 e. The number of hydrogen-bond acceptors (Lipinski definition) is 4. The van der Waals surface area contributed by atoms with Crippen LogP contribution in [0.5, 0.6) is 0 Å². The lowest BCUT2D eigenvalue weighted by Gasteiger charge is -2.02. The lowest BCUT2D eigenvalue weighted by molar-refractivity contribution is 0.326. The first-order valence-corrected chi connectivity index (χ1v) is 6.36. The summed E-state index contributed by atoms with van der Waals surface area (Å²) in [5, 5.41) is 0. The van der Waals surface area contributed by atoms with E-state index >= 15 is 0 Å². The highest BCUT2D eigenvalue weighted by molar-refractivity contribution is 7.86. The number of rotatable bonds is 4. The second kappa shape index (κ2) is 4.82. The zero-order valence-electron chi connectivity index (χ0n) is 7.80. The maximum Gasteiger partial charge on any atom is 0.264 e. The minimum atomic E-state index is -3.32. The average Bonchev–Trinajstić information content (AvgIpc) is 2.01. The molecular formula is C9H12O3S2. The van der Waals surface area contributed by atoms with Gasteiger partial charge >= 0.3 is 0 Å². The van der Waals surface area contributed by atoms with E-state index in [0.717, 1.165) is 16.7 Å². The molecule has 5 heteroatoms. The lowest BCUT2D eigenvalue weighted by Crippen LogP contribution is -2.06. The lowest BCUT2D eigenvalue weighted by atomic mass is 10.2. The molecule has 0 amide bonds. The first-order chi connectivity index (χ1) is 6.47. The molecule has 0 aliphatic heterocycles. The Morgan fingerprint density at radius 1 is 1.43 bits per heavy atom. The quantitative estimate of drug-likeness (QED) is 0.632. The fourth-order valence-electron chi connectivity index (χ4n) is 1.02. The van der Waals surface area contributed by atoms with Gasteiger partial charge < -0.3 is 0 Å². The van der Waals surface area contributed by atoms with E-state index in [4.69, 9.17) is 0 Å². The predicted molar refractivity (Wildman–Crippen MR) is 58.2 cm³/mol. The van der Waals surface area contributed by atoms with Crippen molar-refractivity contribution in [1.29, 1.82) is 0 Å². The van der Waals surface area contributed by atoms with Gasteiger partial charge in [-0.2, -0.15) is 8.42 Å². The largest absolute Gasteiger partial charge is 0.270 e. The van der Waals surface area contributed by atoms with Gasteiger partial charge in [0.15, 0.2) is 0 Å². The van der Waals surface area contributed by atoms with Crippen molar-refractivity contribution in [2.24, 2.45) is 0 Å². The second-order valence-electron chi connectivity index (χ2n) is 2.95. The van der Waals surface area contributed by atoms with Crippen LogP contribution < -0.4 is 0 Å². The molecule has 0 atom stereocenters. The third kappa shape index (κ3) is 4.64. The van der Waals surface area contributed by atoms with Gasteiger partial charge in [-0.05, 0) is 24.1 Å². The van der Waals surface area contributed by atoms with Gasteiger partial charge in [-0.3, -0.25) is 4.18 Å². The van der Waals surface area contributed by atoms with E-state index < -0.39 is 10.1 Å². The summed E-state index contributed by atoms with van der Waals surface area (Å²) < 4.78 is 25.9. The van der Waals surface area contributed by atoms with Crippen LogP contribution in [0.1, 0.15) is 5.56 Å². The normalized spacial score (nSPS) is 11.6. The number of thiol groups is 1. The predicted octanol–water partition coefficient (Wildman–Crippen LogP) is 1.49. The van der Waals surface area contributed by atoms with Crippen molar-refractivity contribution in [1.82, 2.24) is 0 Å². The Morgan fingerprint density at radius 2 is 2.14 bits per heavy atom. The third-order valence-corrected chi connectivity index (χ3v) is 2.47. The summed E-state index contributed by atoms with van der Waals surface area (Å²) >= 11 is 4.17. The van der Waals surface area contributed by atoms with Crippen LogP contribution in [-0.4, -0.2) is 21.3 Å². The van der Waals surface area contributed by atoms with Crippen LogP contribution in [0.2, 0.25) is 0 Å². The van der Waals surface area contributed by atoms with Crippen LogP contribution in [-0.2, 0) is 20.7 Å². The summed E-state index contributed by atoms with van der Waals surface area (Å²) in [5.74, 6) is 0. The van der Waals surface area contributed by atoms with Crippen LogP contribution in [0.25, 0.3) is 0 Å². The highest BCUT2D eigenvalue weighted by atomic mass is 32.2. The molecule has 0 bridgehead atoms. The Labute approximate surface area is 89.6 Å². The van der Waals surface area contributed by atoms with E-state index in [2.05, 4.69) is 16.8 Å². The standard InChI is InChI=1S/C9H12O3S2/c1-14(10,11)12-6-5-8-3-2-4-9(13)7-8/h2-4,7,13H,5-6H2,1H3. The number of benzene rings is 1. The molecule has 14 heavy (non-hydrogen) atoms. The molecule has 1 aromatic rings. The Kier molecular flexibility index (Phi) is 3.97. The summed E-state index contributed by atoms with van der Waals surface area (Å²) in [6.45, 7) is 0.177. The molecule has 78 valence electrons. The minimum absolute atomic E-state index is 0.177. The second-order valence-corrected chi connectivity index (χ2v) is 5.11. The van der Waals surface area contributed by atoms with E-state index in [9.17, 15) is 8.42 Å². The SMILES string of the molecule is CS(=O)(=O)OCCc1cccc(S)c1. The molecule has 3 nitrogen and oxygen atoms in total. The molecule has 0 aliphatic carbocycles. The maximum atomic E-state index is 10.7. The Morgan fingerprint density at radius 3 is 2.71 bits per heavy atom. The van der Waals surface area contributed by atoms with E-state index in [-0.39, 0.29) is 6.61 Å². The molecule has 0 saturated heterocycles. The van der Waals surface area contributed by atoms with Crippen molar-refractivity contribution in [3.63, 3.8) is 0 Å². The van der Waals surface area contributed by atoms with Gasteiger partial charge in [-0.15, -0.1) is 12.6 Å². The summed E-state index contributed by atoms with van der Waals surface area (Å²) in [6, 6.07) is 7.53. The van der Waals surface area contributed by atoms with Crippen molar-refractivity contribution < 1.29 is 12.6 Å². The van der Waals surface area contributed by atoms with E-state index in [1.54, 1.807) is 0 Å². The Bertz CT molecular complexity index is 398. The van der Waals surface area contributed by atoms with Crippen LogP contribution in [0, 0.1) is 0 Å². The first kappa shape index (κ1) is 11.6. The monoisotopic (exact) mass is 232 g/mol. The Hall–Kier alpha value is -0.520. The van der Waals surface area contributed by atoms with Gasteiger partial charge in [0.25, 0.3) is 10.1 Å². The van der Waals surface area contributed by atoms with Gasteiger partial charge in [0.2, 0.25) is 0 Å². The van der Waals surface area contributed by atoms with Crippen LogP contribution >= 0.6 is 12.6 Å². The van der Waals surface area contributed by atoms with Crippen molar-refractivity contribution in [2.45, 2.75) is 11.3 Å². The molecular weight excluding hydrogens is 220 g/mol. The molecule has 0 aromatic heterocycles. The van der Waals surface area contributed by atoms with Crippen molar-refractivity contribution in [3.8, 4) is 0 Å². The maximum absolute atomic E-state index is 10.7. The highest BCUT2D eigenvalue weighted by Crippen LogP contribution is 2.09. The van der Waals surface area contributed by atoms with E-state index in [1.807, 2.05) is 24.3 Å².